The van der Waals surface area contributed by atoms with Gasteiger partial charge in [0, 0.05) is 123 Å². The van der Waals surface area contributed by atoms with Gasteiger partial charge >= 0.3 is 62.8 Å². The van der Waals surface area contributed by atoms with Crippen molar-refractivity contribution in [1.29, 1.82) is 5.26 Å². The van der Waals surface area contributed by atoms with Crippen LogP contribution in [0.5, 0.6) is 28.7 Å². The van der Waals surface area contributed by atoms with Gasteiger partial charge in [-0.05, 0) is 172 Å². The molecule has 0 aliphatic carbocycles. The maximum atomic E-state index is 11.4. The van der Waals surface area contributed by atoms with Crippen LogP contribution in [0.4, 0.5) is 29.1 Å². The van der Waals surface area contributed by atoms with Gasteiger partial charge in [0.15, 0.2) is 29.1 Å². The molecule has 0 bridgehead atoms. The van der Waals surface area contributed by atoms with Gasteiger partial charge < -0.3 is 111 Å². The van der Waals surface area contributed by atoms with E-state index in [9.17, 15) is 79.3 Å². The van der Waals surface area contributed by atoms with Crippen molar-refractivity contribution in [2.75, 3.05) is 40.1 Å². The number of aryl methyl sites for hydroxylation is 10. The molecule has 17 aromatic rings. The van der Waals surface area contributed by atoms with Crippen LogP contribution in [-0.4, -0.2) is 128 Å². The second-order valence-corrected chi connectivity index (χ2v) is 29.1. The van der Waals surface area contributed by atoms with Crippen molar-refractivity contribution in [2.24, 2.45) is 0 Å². The van der Waals surface area contributed by atoms with Gasteiger partial charge in [0.05, 0.1) is 6.61 Å². The first kappa shape index (κ1) is 103. The number of hydrogen-bond acceptors (Lipinski definition) is 35. The molecule has 0 spiro atoms. The maximum Gasteiger partial charge on any atom is 0.354 e. The fraction of sp³-hybridized carbons (Fsp3) is 0.239. The topological polar surface area (TPSA) is 607 Å². The smallest absolute Gasteiger partial charge is 0.354 e. The minimum Gasteiger partial charge on any atom is -0.508 e. The normalized spacial score (nSPS) is 10.5. The standard InChI is InChI=1S/4C16H15N3O5.C10H5NO3.C10H8O2.C6H9N3O3.CH4O.CH4/c2*1-10-7-16(20)24-14-4-3-12(8-13(10)14)23-6-5-18-11(2)17-9-15(18)19(21)22;2*1-10-7-16(20)24-14-8-12(3-4-13(10)14)23-6-5-18-11(2)17-9-15(18)19(21)22;11-5-7-3-6-1-2-8(12)4-9(6)14-10(7)13;1-7-6-10(11)12-9-5-3-2-4-8(7)9;1-5-7-4-6(9(11)12)8(5)2-3-10;1-2;/h4*3-4,7-9H,5-6H2,1-2H3;1-4,12H;2-6H,1H3;4,10H,2-3H2,1H3;2H,1H3;1H4. The minimum absolute atomic E-state index is 0. The lowest BCUT2D eigenvalue weighted by Crippen LogP contribution is -2.11. The summed E-state index contributed by atoms with van der Waals surface area (Å²) in [5.74, 6) is 4.65. The maximum absolute atomic E-state index is 11.4. The summed E-state index contributed by atoms with van der Waals surface area (Å²) < 4.78 is 60.3. The molecule has 0 radical (unpaired) electrons. The Labute approximate surface area is 772 Å². The second kappa shape index (κ2) is 47.2. The van der Waals surface area contributed by atoms with Gasteiger partial charge in [0.25, 0.3) is 0 Å². The van der Waals surface area contributed by atoms with Crippen LogP contribution in [0.3, 0.4) is 0 Å². The zero-order valence-corrected chi connectivity index (χ0v) is 74.5. The lowest BCUT2D eigenvalue weighted by Gasteiger charge is -2.08. The monoisotopic (exact) mass is 1880 g/mol. The van der Waals surface area contributed by atoms with E-state index in [0.717, 1.165) is 61.9 Å². The number of nitrogens with zero attached hydrogens (tertiary/aromatic N) is 16. The molecule has 0 unspecified atom stereocenters. The molecule has 0 saturated heterocycles. The first-order valence-electron chi connectivity index (χ1n) is 40.7. The summed E-state index contributed by atoms with van der Waals surface area (Å²) in [5.41, 5.74) is 4.40. The van der Waals surface area contributed by atoms with E-state index in [1.165, 1.54) is 102 Å². The number of aromatic nitrogens is 10. The van der Waals surface area contributed by atoms with E-state index >= 15 is 0 Å². The molecule has 45 nitrogen and oxygen atoms in total. The van der Waals surface area contributed by atoms with Crippen LogP contribution in [0.1, 0.15) is 69.9 Å². The average Bonchev–Trinajstić information content (AvgIpc) is 1.29. The number of rotatable bonds is 23. The Morgan fingerprint density at radius 3 is 0.949 bits per heavy atom. The highest BCUT2D eigenvalue weighted by Crippen LogP contribution is 2.29. The average molecular weight is 1880 g/mol. The number of phenols is 1. The largest absolute Gasteiger partial charge is 0.508 e. The Morgan fingerprint density at radius 1 is 0.343 bits per heavy atom. The zero-order chi connectivity index (χ0) is 98.9. The molecule has 0 amide bonds. The summed E-state index contributed by atoms with van der Waals surface area (Å²) in [4.78, 5) is 139. The second-order valence-electron chi connectivity index (χ2n) is 29.1. The molecule has 0 aliphatic heterocycles. The Bertz CT molecular complexity index is 7400. The Hall–Kier alpha value is -18.0. The van der Waals surface area contributed by atoms with Gasteiger partial charge in [-0.15, -0.1) is 0 Å². The third kappa shape index (κ3) is 26.7. The third-order valence-electron chi connectivity index (χ3n) is 20.1. The van der Waals surface area contributed by atoms with Crippen LogP contribution >= 0.6 is 0 Å². The van der Waals surface area contributed by atoms with E-state index in [4.69, 9.17) is 66.0 Å². The van der Waals surface area contributed by atoms with Crippen molar-refractivity contribution in [2.45, 2.75) is 109 Å². The molecule has 0 atom stereocenters. The molecular formula is C92H90N16O29. The molecule has 45 heteroatoms. The van der Waals surface area contributed by atoms with Crippen molar-refractivity contribution >= 4 is 94.9 Å². The summed E-state index contributed by atoms with van der Waals surface area (Å²) in [6.45, 7) is 19.9. The van der Waals surface area contributed by atoms with Crippen LogP contribution in [0.2, 0.25) is 0 Å². The van der Waals surface area contributed by atoms with Crippen molar-refractivity contribution in [3.63, 3.8) is 0 Å². The predicted molar refractivity (Wildman–Crippen MR) is 497 cm³/mol. The number of nitriles is 1. The highest BCUT2D eigenvalue weighted by atomic mass is 16.6. The van der Waals surface area contributed by atoms with Crippen molar-refractivity contribution in [3.8, 4) is 34.8 Å². The number of para-hydroxylation sites is 1. The third-order valence-corrected chi connectivity index (χ3v) is 20.1. The SMILES string of the molecule is C.CO.Cc1cc(=O)oc2cc(OCCn3c([N+](=O)[O-])cnc3C)ccc12.Cc1cc(=O)oc2cc(OCCn3c([N+](=O)[O-])cnc3C)ccc12.Cc1cc(=O)oc2ccc(OCCn3c([N+](=O)[O-])cnc3C)cc12.Cc1cc(=O)oc2ccc(OCCn3c([N+](=O)[O-])cnc3C)cc12.Cc1cc(=O)oc2ccccc12.Cc1ncc([N+](=O)[O-])n1CCO.N#Cc1cc2ccc(O)cc2oc1=O. The van der Waals surface area contributed by atoms with Crippen molar-refractivity contribution in [1.82, 2.24) is 47.8 Å². The summed E-state index contributed by atoms with van der Waals surface area (Å²) >= 11 is 0. The van der Waals surface area contributed by atoms with Gasteiger partial charge in [-0.2, -0.15) is 5.26 Å². The molecule has 11 aromatic heterocycles. The van der Waals surface area contributed by atoms with Gasteiger partial charge in [-0.25, -0.2) is 76.5 Å². The van der Waals surface area contributed by atoms with Crippen LogP contribution < -0.4 is 52.7 Å². The quantitative estimate of drug-likeness (QED) is 0.0304. The molecule has 11 heterocycles. The lowest BCUT2D eigenvalue weighted by atomic mass is 10.1. The molecule has 712 valence electrons. The Balaban J connectivity index is 0.000000181. The van der Waals surface area contributed by atoms with E-state index < -0.39 is 52.7 Å². The van der Waals surface area contributed by atoms with Gasteiger partial charge in [0.1, 0.15) is 164 Å². The van der Waals surface area contributed by atoms with Gasteiger partial charge in [-0.3, -0.25) is 0 Å². The molecule has 0 fully saturated rings. The van der Waals surface area contributed by atoms with Crippen LogP contribution in [0.15, 0.2) is 238 Å². The number of hydrogen-bond donors (Lipinski definition) is 3. The molecule has 6 aromatic carbocycles. The van der Waals surface area contributed by atoms with E-state index in [1.54, 1.807) is 113 Å². The van der Waals surface area contributed by atoms with Gasteiger partial charge in [-0.1, -0.05) is 25.6 Å². The first-order valence-corrected chi connectivity index (χ1v) is 40.7. The number of phenolic OH excluding ortho intramolecular Hbond substituents is 1. The highest BCUT2D eigenvalue weighted by Gasteiger charge is 2.23. The van der Waals surface area contributed by atoms with E-state index in [1.807, 2.05) is 65.0 Å². The number of aromatic hydroxyl groups is 1. The van der Waals surface area contributed by atoms with E-state index in [-0.39, 0.29) is 112 Å². The number of aliphatic hydroxyl groups excluding tert-OH is 2. The molecule has 137 heavy (non-hydrogen) atoms. The predicted octanol–water partition coefficient (Wildman–Crippen LogP) is 14.2. The Morgan fingerprint density at radius 2 is 0.628 bits per heavy atom. The van der Waals surface area contributed by atoms with Gasteiger partial charge in [0.2, 0.25) is 0 Å². The van der Waals surface area contributed by atoms with Crippen molar-refractivity contribution in [3.05, 3.63) is 358 Å². The fourth-order valence-corrected chi connectivity index (χ4v) is 13.5. The summed E-state index contributed by atoms with van der Waals surface area (Å²) in [5, 5.41) is 92.3. The van der Waals surface area contributed by atoms with E-state index in [0.29, 0.717) is 98.5 Å². The highest BCUT2D eigenvalue weighted by molar-refractivity contribution is 5.85. The fourth-order valence-electron chi connectivity index (χ4n) is 13.5. The minimum atomic E-state index is -0.689. The number of ether oxygens (including phenoxy) is 4. The molecule has 0 saturated carbocycles. The summed E-state index contributed by atoms with van der Waals surface area (Å²) in [6, 6.07) is 43.0. The summed E-state index contributed by atoms with van der Waals surface area (Å²) in [7, 11) is 1.00. The number of benzene rings is 6. The molecule has 3 N–H and O–H groups in total. The Kier molecular flexibility index (Phi) is 35.4. The first-order chi connectivity index (χ1) is 64.9. The van der Waals surface area contributed by atoms with E-state index in [2.05, 4.69) is 24.9 Å². The molecule has 17 rings (SSSR count). The number of aliphatic hydroxyl groups is 2. The lowest BCUT2D eigenvalue weighted by molar-refractivity contribution is -0.392. The molecular weight excluding hydrogens is 1790 g/mol. The number of imidazole rings is 5. The summed E-state index contributed by atoms with van der Waals surface area (Å²) in [6.07, 6.45) is 6.10. The van der Waals surface area contributed by atoms with Crippen LogP contribution in [-0.2, 0) is 32.7 Å². The molecule has 0 aliphatic rings. The van der Waals surface area contributed by atoms with Crippen LogP contribution in [0.25, 0.3) is 65.8 Å². The van der Waals surface area contributed by atoms with Crippen molar-refractivity contribution < 1.29 is 85.4 Å². The zero-order valence-electron chi connectivity index (χ0n) is 74.5. The van der Waals surface area contributed by atoms with Crippen LogP contribution in [0, 0.1) is 131 Å². The number of nitro groups is 5. The number of fused-ring (bicyclic) bond motifs is 6.